The van der Waals surface area contributed by atoms with Crippen molar-refractivity contribution in [2.45, 2.75) is 70.9 Å². The molecule has 0 saturated carbocycles. The maximum atomic E-state index is 15.9. The van der Waals surface area contributed by atoms with Crippen molar-refractivity contribution in [2.75, 3.05) is 6.61 Å². The lowest BCUT2D eigenvalue weighted by molar-refractivity contribution is -0.150. The molecule has 3 aromatic rings. The molecular weight excluding hydrogens is 572 g/mol. The van der Waals surface area contributed by atoms with E-state index in [2.05, 4.69) is 5.09 Å². The van der Waals surface area contributed by atoms with Crippen LogP contribution < -0.4 is 20.9 Å². The van der Waals surface area contributed by atoms with Crippen LogP contribution >= 0.6 is 7.75 Å². The molecule has 2 heterocycles. The zero-order chi connectivity index (χ0) is 32.6. The first-order valence-electron chi connectivity index (χ1n) is 14.3. The van der Waals surface area contributed by atoms with Gasteiger partial charge in [0.2, 0.25) is 0 Å². The quantitative estimate of drug-likeness (QED) is 0.217. The minimum Gasteiger partial charge on any atom is -0.462 e. The van der Waals surface area contributed by atoms with Gasteiger partial charge in [0.1, 0.15) is 24.0 Å². The standard InChI is InChI=1S/C28H35FN3O9P/c1-16(2)23(25(35)39-17(3)4)31-42(37,41-20-12-8-10-18-9-6-7-11-19(18)20)38-15-21-24(34)28(5,29)26(40-21)32-14-13-22(33)30-27(32)36/h6-14,16-17,21,23-24,26,34H,15H2,1-5H3,(H,31,37)(H,30,33,36)/t21-,23?,24-,26-,28-,42?/m1/s1/i13D,14D. The SMILES string of the molecule is [2H]c1c([2H])n([C@@H]2O[C@H](COP(=O)(NC(C(=O)OC(C)C)C(C)C)Oc3cccc4ccccc34)[C@@H](O)[C@@]2(C)F)c(=O)[nH]c1=O. The summed E-state index contributed by atoms with van der Waals surface area (Å²) in [5.41, 5.74) is -5.11. The van der Waals surface area contributed by atoms with Crippen molar-refractivity contribution >= 4 is 24.5 Å². The second kappa shape index (κ2) is 12.5. The number of benzene rings is 2. The third-order valence-corrected chi connectivity index (χ3v) is 8.15. The number of nitrogens with zero attached hydrogens (tertiary/aromatic N) is 1. The van der Waals surface area contributed by atoms with Gasteiger partial charge >= 0.3 is 19.4 Å². The van der Waals surface area contributed by atoms with Crippen LogP contribution in [0.1, 0.15) is 43.6 Å². The fourth-order valence-electron chi connectivity index (χ4n) is 4.46. The van der Waals surface area contributed by atoms with Crippen LogP contribution in [0.5, 0.6) is 5.75 Å². The number of esters is 1. The molecule has 0 aliphatic carbocycles. The molecule has 1 aromatic heterocycles. The predicted molar refractivity (Wildman–Crippen MR) is 152 cm³/mol. The molecule has 0 amide bonds. The number of aliphatic hydroxyl groups excluding tert-OH is 1. The summed E-state index contributed by atoms with van der Waals surface area (Å²) in [4.78, 5) is 39.0. The zero-order valence-electron chi connectivity index (χ0n) is 25.7. The van der Waals surface area contributed by atoms with Gasteiger partial charge in [-0.15, -0.1) is 0 Å². The third kappa shape index (κ3) is 6.82. The molecule has 2 unspecified atom stereocenters. The van der Waals surface area contributed by atoms with E-state index in [9.17, 15) is 24.1 Å². The van der Waals surface area contributed by atoms with Crippen molar-refractivity contribution in [3.8, 4) is 5.75 Å². The van der Waals surface area contributed by atoms with Gasteiger partial charge in [-0.2, -0.15) is 5.09 Å². The van der Waals surface area contributed by atoms with Crippen LogP contribution in [-0.4, -0.2) is 57.3 Å². The maximum absolute atomic E-state index is 15.9. The number of aromatic amines is 1. The molecular formula is C28H35FN3O9P. The molecule has 1 fully saturated rings. The third-order valence-electron chi connectivity index (χ3n) is 6.63. The minimum atomic E-state index is -4.55. The molecule has 42 heavy (non-hydrogen) atoms. The van der Waals surface area contributed by atoms with Gasteiger partial charge in [-0.25, -0.2) is 13.8 Å². The van der Waals surface area contributed by atoms with E-state index in [1.807, 2.05) is 17.1 Å². The number of aromatic nitrogens is 2. The number of alkyl halides is 1. The fourth-order valence-corrected chi connectivity index (χ4v) is 6.14. The summed E-state index contributed by atoms with van der Waals surface area (Å²) in [6, 6.07) is 10.0. The van der Waals surface area contributed by atoms with Gasteiger partial charge in [-0.05, 0) is 38.1 Å². The zero-order valence-corrected chi connectivity index (χ0v) is 24.6. The summed E-state index contributed by atoms with van der Waals surface area (Å²) in [6.07, 6.45) is -6.93. The summed E-state index contributed by atoms with van der Waals surface area (Å²) < 4.78 is 68.9. The number of halogens is 1. The number of hydrogen-bond acceptors (Lipinski definition) is 9. The van der Waals surface area contributed by atoms with E-state index in [-0.39, 0.29) is 5.75 Å². The van der Waals surface area contributed by atoms with Gasteiger partial charge in [-0.1, -0.05) is 50.2 Å². The molecule has 1 aliphatic heterocycles. The number of hydrogen-bond donors (Lipinski definition) is 3. The van der Waals surface area contributed by atoms with Crippen molar-refractivity contribution < 1.29 is 40.1 Å². The second-order valence-electron chi connectivity index (χ2n) is 10.7. The molecule has 1 aliphatic rings. The largest absolute Gasteiger partial charge is 0.462 e. The topological polar surface area (TPSA) is 158 Å². The Morgan fingerprint density at radius 2 is 1.93 bits per heavy atom. The van der Waals surface area contributed by atoms with E-state index >= 15 is 4.39 Å². The normalized spacial score (nSPS) is 25.2. The molecule has 12 nitrogen and oxygen atoms in total. The van der Waals surface area contributed by atoms with E-state index in [1.54, 1.807) is 58.0 Å². The Kier molecular flexibility index (Phi) is 8.55. The summed E-state index contributed by atoms with van der Waals surface area (Å²) in [5.74, 6) is -1.04. The van der Waals surface area contributed by atoms with E-state index in [0.29, 0.717) is 9.95 Å². The summed E-state index contributed by atoms with van der Waals surface area (Å²) in [5, 5.41) is 14.8. The highest BCUT2D eigenvalue weighted by molar-refractivity contribution is 7.52. The van der Waals surface area contributed by atoms with Gasteiger partial charge in [-0.3, -0.25) is 23.7 Å². The smallest absolute Gasteiger partial charge is 0.459 e. The van der Waals surface area contributed by atoms with E-state index in [1.165, 1.54) is 0 Å². The van der Waals surface area contributed by atoms with Crippen LogP contribution in [0.15, 0.2) is 64.3 Å². The predicted octanol–water partition coefficient (Wildman–Crippen LogP) is 3.45. The van der Waals surface area contributed by atoms with Gasteiger partial charge in [0.15, 0.2) is 11.9 Å². The Bertz CT molecular complexity index is 1690. The summed E-state index contributed by atoms with van der Waals surface area (Å²) in [6.45, 7) is 6.82. The van der Waals surface area contributed by atoms with Crippen LogP contribution in [-0.2, 0) is 23.4 Å². The maximum Gasteiger partial charge on any atom is 0.459 e. The number of rotatable bonds is 11. The first-order chi connectivity index (χ1) is 20.6. The molecule has 2 aromatic carbocycles. The molecule has 14 heteroatoms. The van der Waals surface area contributed by atoms with E-state index in [4.69, 9.17) is 21.3 Å². The van der Waals surface area contributed by atoms with Crippen molar-refractivity contribution in [2.24, 2.45) is 5.92 Å². The summed E-state index contributed by atoms with van der Waals surface area (Å²) >= 11 is 0. The lowest BCUT2D eigenvalue weighted by Gasteiger charge is -2.28. The molecule has 6 atom stereocenters. The highest BCUT2D eigenvalue weighted by atomic mass is 31.2. The van der Waals surface area contributed by atoms with Crippen LogP contribution in [0.4, 0.5) is 4.39 Å². The lowest BCUT2D eigenvalue weighted by atomic mass is 9.98. The van der Waals surface area contributed by atoms with Gasteiger partial charge < -0.3 is 19.1 Å². The molecule has 0 spiro atoms. The van der Waals surface area contributed by atoms with Gasteiger partial charge in [0, 0.05) is 17.6 Å². The Morgan fingerprint density at radius 3 is 2.62 bits per heavy atom. The average Bonchev–Trinajstić information content (AvgIpc) is 3.17. The van der Waals surface area contributed by atoms with Crippen LogP contribution in [0.3, 0.4) is 0 Å². The van der Waals surface area contributed by atoms with Crippen LogP contribution in [0.2, 0.25) is 0 Å². The number of H-pyrrole nitrogens is 1. The van der Waals surface area contributed by atoms with E-state index < -0.39 is 86.0 Å². The first kappa shape index (κ1) is 28.8. The minimum absolute atomic E-state index is 0.140. The number of carbonyl (C=O) groups is 1. The Hall–Kier alpha value is -3.35. The number of fused-ring (bicyclic) bond motifs is 1. The molecule has 3 N–H and O–H groups in total. The van der Waals surface area contributed by atoms with Crippen molar-refractivity contribution in [1.29, 1.82) is 0 Å². The Labute approximate surface area is 244 Å². The molecule has 1 saturated heterocycles. The van der Waals surface area contributed by atoms with Crippen molar-refractivity contribution in [3.05, 3.63) is 75.5 Å². The number of ether oxygens (including phenoxy) is 2. The van der Waals surface area contributed by atoms with Gasteiger partial charge in [0.05, 0.1) is 15.5 Å². The van der Waals surface area contributed by atoms with Crippen molar-refractivity contribution in [3.63, 3.8) is 0 Å². The Morgan fingerprint density at radius 1 is 1.24 bits per heavy atom. The number of carbonyl (C=O) groups excluding carboxylic acids is 1. The lowest BCUT2D eigenvalue weighted by Crippen LogP contribution is -2.44. The first-order valence-corrected chi connectivity index (χ1v) is 14.8. The van der Waals surface area contributed by atoms with E-state index in [0.717, 1.165) is 12.3 Å². The van der Waals surface area contributed by atoms with Gasteiger partial charge in [0.25, 0.3) is 5.56 Å². The Balaban J connectivity index is 1.67. The molecule has 0 radical (unpaired) electrons. The fraction of sp³-hybridized carbons (Fsp3) is 0.464. The molecule has 0 bridgehead atoms. The summed E-state index contributed by atoms with van der Waals surface area (Å²) in [7, 11) is -4.55. The highest BCUT2D eigenvalue weighted by Crippen LogP contribution is 2.49. The monoisotopic (exact) mass is 609 g/mol. The van der Waals surface area contributed by atoms with Crippen molar-refractivity contribution in [1.82, 2.24) is 14.6 Å². The molecule has 4 rings (SSSR count). The van der Waals surface area contributed by atoms with Crippen LogP contribution in [0.25, 0.3) is 10.8 Å². The molecule has 228 valence electrons. The highest BCUT2D eigenvalue weighted by Gasteiger charge is 2.56. The number of nitrogens with one attached hydrogen (secondary N) is 2. The number of aliphatic hydroxyl groups is 1. The average molecular weight is 610 g/mol. The van der Waals surface area contributed by atoms with Crippen LogP contribution in [0, 0.1) is 5.92 Å². The second-order valence-corrected chi connectivity index (χ2v) is 12.4.